The van der Waals surface area contributed by atoms with Crippen LogP contribution in [0.5, 0.6) is 5.75 Å². The second-order valence-corrected chi connectivity index (χ2v) is 6.83. The van der Waals surface area contributed by atoms with Gasteiger partial charge in [0.15, 0.2) is 0 Å². The number of rotatable bonds is 7. The number of hydrogen-bond donors (Lipinski definition) is 0. The summed E-state index contributed by atoms with van der Waals surface area (Å²) in [6.45, 7) is 5.40. The van der Waals surface area contributed by atoms with Crippen molar-refractivity contribution in [3.05, 3.63) is 54.0 Å². The number of amides is 2. The normalized spacial score (nSPS) is 17.8. The first-order valence-electron chi connectivity index (χ1n) is 9.28. The second kappa shape index (κ2) is 8.29. The van der Waals surface area contributed by atoms with Gasteiger partial charge in [-0.2, -0.15) is 0 Å². The van der Waals surface area contributed by atoms with E-state index in [9.17, 15) is 9.59 Å². The molecular weight excluding hydrogens is 344 g/mol. The zero-order chi connectivity index (χ0) is 19.4. The van der Waals surface area contributed by atoms with Crippen molar-refractivity contribution in [2.45, 2.75) is 32.9 Å². The summed E-state index contributed by atoms with van der Waals surface area (Å²) >= 11 is 0. The quantitative estimate of drug-likeness (QED) is 0.751. The summed E-state index contributed by atoms with van der Waals surface area (Å²) in [7, 11) is 1.63. The topological polar surface area (TPSA) is 63.0 Å². The number of likely N-dealkylation sites (tertiary alicyclic amines) is 1. The summed E-state index contributed by atoms with van der Waals surface area (Å²) in [6, 6.07) is 11.3. The Balaban J connectivity index is 1.70. The Labute approximate surface area is 159 Å². The number of nitrogens with zero attached hydrogens (tertiary/aromatic N) is 2. The van der Waals surface area contributed by atoms with Gasteiger partial charge in [0.1, 0.15) is 11.5 Å². The van der Waals surface area contributed by atoms with E-state index in [2.05, 4.69) is 0 Å². The zero-order valence-corrected chi connectivity index (χ0v) is 16.1. The van der Waals surface area contributed by atoms with E-state index in [0.717, 1.165) is 17.1 Å². The highest BCUT2D eigenvalue weighted by molar-refractivity contribution is 5.89. The van der Waals surface area contributed by atoms with Gasteiger partial charge >= 0.3 is 0 Å². The molecule has 1 aromatic heterocycles. The van der Waals surface area contributed by atoms with Crippen LogP contribution in [0.4, 0.5) is 0 Å². The van der Waals surface area contributed by atoms with E-state index in [4.69, 9.17) is 9.15 Å². The molecule has 6 nitrogen and oxygen atoms in total. The lowest BCUT2D eigenvalue weighted by Crippen LogP contribution is -2.39. The molecule has 1 aliphatic rings. The average molecular weight is 370 g/mol. The molecule has 2 heterocycles. The summed E-state index contributed by atoms with van der Waals surface area (Å²) in [4.78, 5) is 29.0. The van der Waals surface area contributed by atoms with Gasteiger partial charge < -0.3 is 19.0 Å². The lowest BCUT2D eigenvalue weighted by Gasteiger charge is -2.31. The van der Waals surface area contributed by atoms with Gasteiger partial charge in [-0.15, -0.1) is 0 Å². The maximum atomic E-state index is 13.1. The molecule has 0 radical (unpaired) electrons. The molecule has 27 heavy (non-hydrogen) atoms. The largest absolute Gasteiger partial charge is 0.497 e. The van der Waals surface area contributed by atoms with Gasteiger partial charge in [0.2, 0.25) is 11.8 Å². The van der Waals surface area contributed by atoms with Crippen molar-refractivity contribution in [3.8, 4) is 5.75 Å². The number of furan rings is 1. The number of methoxy groups -OCH3 is 1. The first kappa shape index (κ1) is 19.0. The summed E-state index contributed by atoms with van der Waals surface area (Å²) < 4.78 is 10.6. The zero-order valence-electron chi connectivity index (χ0n) is 16.1. The first-order valence-corrected chi connectivity index (χ1v) is 9.28. The van der Waals surface area contributed by atoms with Crippen molar-refractivity contribution in [2.24, 2.45) is 5.92 Å². The predicted molar refractivity (Wildman–Crippen MR) is 101 cm³/mol. The fourth-order valence-electron chi connectivity index (χ4n) is 3.62. The molecule has 2 amide bonds. The van der Waals surface area contributed by atoms with Crippen molar-refractivity contribution < 1.29 is 18.7 Å². The van der Waals surface area contributed by atoms with Crippen LogP contribution in [0.3, 0.4) is 0 Å². The standard InChI is InChI=1S/C21H26N2O4/c1-4-23(15(2)16-7-5-8-18(11-16)26-3)21(25)17-12-20(24)22(13-17)14-19-9-6-10-27-19/h5-11,15,17H,4,12-14H2,1-3H3. The molecule has 0 bridgehead atoms. The summed E-state index contributed by atoms with van der Waals surface area (Å²) in [6.07, 6.45) is 1.84. The third-order valence-electron chi connectivity index (χ3n) is 5.16. The van der Waals surface area contributed by atoms with Gasteiger partial charge in [-0.25, -0.2) is 0 Å². The Morgan fingerprint density at radius 3 is 2.85 bits per heavy atom. The van der Waals surface area contributed by atoms with E-state index in [1.807, 2.05) is 49.1 Å². The molecule has 0 aliphatic carbocycles. The van der Waals surface area contributed by atoms with Gasteiger partial charge in [0.05, 0.1) is 31.9 Å². The van der Waals surface area contributed by atoms with Crippen molar-refractivity contribution in [1.82, 2.24) is 9.80 Å². The van der Waals surface area contributed by atoms with E-state index in [1.54, 1.807) is 24.3 Å². The number of carbonyl (C=O) groups is 2. The molecule has 0 spiro atoms. The minimum Gasteiger partial charge on any atom is -0.497 e. The molecule has 2 atom stereocenters. The smallest absolute Gasteiger partial charge is 0.228 e. The van der Waals surface area contributed by atoms with Gasteiger partial charge in [-0.05, 0) is 43.7 Å². The molecule has 1 aromatic carbocycles. The van der Waals surface area contributed by atoms with Crippen LogP contribution in [0.15, 0.2) is 47.1 Å². The van der Waals surface area contributed by atoms with Crippen molar-refractivity contribution in [3.63, 3.8) is 0 Å². The Hall–Kier alpha value is -2.76. The van der Waals surface area contributed by atoms with E-state index >= 15 is 0 Å². The van der Waals surface area contributed by atoms with Gasteiger partial charge in [-0.3, -0.25) is 9.59 Å². The summed E-state index contributed by atoms with van der Waals surface area (Å²) in [5.41, 5.74) is 1.02. The molecule has 2 aromatic rings. The van der Waals surface area contributed by atoms with Crippen molar-refractivity contribution >= 4 is 11.8 Å². The van der Waals surface area contributed by atoms with Gasteiger partial charge in [-0.1, -0.05) is 12.1 Å². The number of ether oxygens (including phenoxy) is 1. The third-order valence-corrected chi connectivity index (χ3v) is 5.16. The van der Waals surface area contributed by atoms with E-state index in [1.165, 1.54) is 0 Å². The highest BCUT2D eigenvalue weighted by Gasteiger charge is 2.37. The average Bonchev–Trinajstić information content (AvgIpc) is 3.32. The SMILES string of the molecule is CCN(C(=O)C1CC(=O)N(Cc2ccco2)C1)C(C)c1cccc(OC)c1. The van der Waals surface area contributed by atoms with Crippen molar-refractivity contribution in [1.29, 1.82) is 0 Å². The Morgan fingerprint density at radius 2 is 2.19 bits per heavy atom. The lowest BCUT2D eigenvalue weighted by atomic mass is 10.0. The Bertz CT molecular complexity index is 787. The van der Waals surface area contributed by atoms with Crippen LogP contribution in [0.25, 0.3) is 0 Å². The highest BCUT2D eigenvalue weighted by atomic mass is 16.5. The van der Waals surface area contributed by atoms with Crippen LogP contribution in [-0.2, 0) is 16.1 Å². The number of carbonyl (C=O) groups excluding carboxylic acids is 2. The Kier molecular flexibility index (Phi) is 5.84. The highest BCUT2D eigenvalue weighted by Crippen LogP contribution is 2.28. The molecule has 3 rings (SSSR count). The monoisotopic (exact) mass is 370 g/mol. The number of benzene rings is 1. The van der Waals surface area contributed by atoms with E-state index in [-0.39, 0.29) is 30.2 Å². The minimum atomic E-state index is -0.319. The van der Waals surface area contributed by atoms with E-state index in [0.29, 0.717) is 19.6 Å². The van der Waals surface area contributed by atoms with Crippen molar-refractivity contribution in [2.75, 3.05) is 20.2 Å². The second-order valence-electron chi connectivity index (χ2n) is 6.83. The Morgan fingerprint density at radius 1 is 1.37 bits per heavy atom. The molecule has 1 saturated heterocycles. The fourth-order valence-corrected chi connectivity index (χ4v) is 3.62. The fraction of sp³-hybridized carbons (Fsp3) is 0.429. The maximum Gasteiger partial charge on any atom is 0.228 e. The van der Waals surface area contributed by atoms with Crippen LogP contribution in [-0.4, -0.2) is 41.8 Å². The van der Waals surface area contributed by atoms with Crippen LogP contribution in [0.1, 0.15) is 37.6 Å². The predicted octanol–water partition coefficient (Wildman–Crippen LogP) is 3.25. The molecule has 0 saturated carbocycles. The van der Waals surface area contributed by atoms with Crippen LogP contribution < -0.4 is 4.74 Å². The van der Waals surface area contributed by atoms with Crippen LogP contribution in [0, 0.1) is 5.92 Å². The van der Waals surface area contributed by atoms with E-state index < -0.39 is 0 Å². The molecule has 6 heteroatoms. The molecule has 1 aliphatic heterocycles. The minimum absolute atomic E-state index is 0.00478. The molecular formula is C21H26N2O4. The van der Waals surface area contributed by atoms with Crippen LogP contribution >= 0.6 is 0 Å². The molecule has 1 fully saturated rings. The first-order chi connectivity index (χ1) is 13.0. The molecule has 144 valence electrons. The maximum absolute atomic E-state index is 13.1. The molecule has 0 N–H and O–H groups in total. The van der Waals surface area contributed by atoms with Crippen LogP contribution in [0.2, 0.25) is 0 Å². The number of hydrogen-bond acceptors (Lipinski definition) is 4. The molecule has 2 unspecified atom stereocenters. The third kappa shape index (κ3) is 4.15. The summed E-state index contributed by atoms with van der Waals surface area (Å²) in [5.74, 6) is 1.19. The van der Waals surface area contributed by atoms with Gasteiger partial charge in [0.25, 0.3) is 0 Å². The van der Waals surface area contributed by atoms with Gasteiger partial charge in [0, 0.05) is 19.5 Å². The lowest BCUT2D eigenvalue weighted by molar-refractivity contribution is -0.137. The summed E-state index contributed by atoms with van der Waals surface area (Å²) in [5, 5.41) is 0.